The van der Waals surface area contributed by atoms with E-state index in [1.807, 2.05) is 37.3 Å². The van der Waals surface area contributed by atoms with E-state index in [0.29, 0.717) is 0 Å². The predicted octanol–water partition coefficient (Wildman–Crippen LogP) is 2.85. The number of sulfonamides is 1. The first-order chi connectivity index (χ1) is 10.9. The average molecular weight is 331 g/mol. The highest BCUT2D eigenvalue weighted by molar-refractivity contribution is 7.89. The maximum Gasteiger partial charge on any atom is 0.242 e. The highest BCUT2D eigenvalue weighted by atomic mass is 32.2. The van der Waals surface area contributed by atoms with Gasteiger partial charge in [0.2, 0.25) is 10.0 Å². The predicted molar refractivity (Wildman–Crippen MR) is 90.7 cm³/mol. The Morgan fingerprint density at radius 2 is 1.52 bits per heavy atom. The summed E-state index contributed by atoms with van der Waals surface area (Å²) in [5.74, 6) is 0. The maximum absolute atomic E-state index is 12.7. The van der Waals surface area contributed by atoms with Crippen molar-refractivity contribution in [1.29, 1.82) is 0 Å². The van der Waals surface area contributed by atoms with Crippen molar-refractivity contribution in [2.75, 3.05) is 13.6 Å². The Morgan fingerprint density at radius 1 is 1.00 bits per heavy atom. The third-order valence-corrected chi connectivity index (χ3v) is 5.85. The van der Waals surface area contributed by atoms with Gasteiger partial charge in [0.1, 0.15) is 6.29 Å². The van der Waals surface area contributed by atoms with Crippen LogP contribution in [0.2, 0.25) is 0 Å². The molecule has 23 heavy (non-hydrogen) atoms. The first-order valence-corrected chi connectivity index (χ1v) is 8.85. The summed E-state index contributed by atoms with van der Waals surface area (Å²) < 4.78 is 26.7. The molecule has 0 unspecified atom stereocenters. The molecule has 1 atom stereocenters. The van der Waals surface area contributed by atoms with Gasteiger partial charge < -0.3 is 4.79 Å². The van der Waals surface area contributed by atoms with Crippen molar-refractivity contribution in [2.45, 2.75) is 23.7 Å². The fraction of sp³-hybridized carbons (Fsp3) is 0.278. The number of hydrogen-bond acceptors (Lipinski definition) is 3. The van der Waals surface area contributed by atoms with Crippen molar-refractivity contribution in [2.24, 2.45) is 0 Å². The van der Waals surface area contributed by atoms with Crippen molar-refractivity contribution in [1.82, 2.24) is 4.31 Å². The van der Waals surface area contributed by atoms with Gasteiger partial charge in [-0.3, -0.25) is 0 Å². The summed E-state index contributed by atoms with van der Waals surface area (Å²) in [4.78, 5) is 11.4. The van der Waals surface area contributed by atoms with Gasteiger partial charge in [0.15, 0.2) is 0 Å². The second-order valence-corrected chi connectivity index (χ2v) is 7.92. The second kappa shape index (κ2) is 7.06. The number of carbonyl (C=O) groups excluding carboxylic acids is 1. The van der Waals surface area contributed by atoms with Crippen molar-refractivity contribution in [3.05, 3.63) is 66.2 Å². The number of nitrogens with zero attached hydrogens (tertiary/aromatic N) is 1. The molecule has 0 aliphatic carbocycles. The lowest BCUT2D eigenvalue weighted by atomic mass is 9.80. The lowest BCUT2D eigenvalue weighted by molar-refractivity contribution is -0.108. The lowest BCUT2D eigenvalue weighted by Gasteiger charge is -2.32. The Hall–Kier alpha value is -1.98. The van der Waals surface area contributed by atoms with E-state index in [-0.39, 0.29) is 17.9 Å². The monoisotopic (exact) mass is 331 g/mol. The highest BCUT2D eigenvalue weighted by Gasteiger charge is 2.32. The van der Waals surface area contributed by atoms with Crippen molar-refractivity contribution >= 4 is 16.3 Å². The molecule has 0 radical (unpaired) electrons. The van der Waals surface area contributed by atoms with Crippen LogP contribution in [0.4, 0.5) is 0 Å². The average Bonchev–Trinajstić information content (AvgIpc) is 2.56. The Balaban J connectivity index is 2.32. The summed E-state index contributed by atoms with van der Waals surface area (Å²) in [7, 11) is -2.03. The second-order valence-electron chi connectivity index (χ2n) is 5.87. The molecule has 4 nitrogen and oxygen atoms in total. The molecule has 2 aromatic rings. The zero-order valence-corrected chi connectivity index (χ0v) is 14.2. The van der Waals surface area contributed by atoms with Crippen molar-refractivity contribution in [3.63, 3.8) is 0 Å². The summed E-state index contributed by atoms with van der Waals surface area (Å²) >= 11 is 0. The largest absolute Gasteiger partial charge is 0.303 e. The normalized spacial score (nSPS) is 14.4. The molecule has 0 saturated carbocycles. The van der Waals surface area contributed by atoms with Crippen molar-refractivity contribution in [3.8, 4) is 0 Å². The van der Waals surface area contributed by atoms with Crippen LogP contribution in [0.5, 0.6) is 0 Å². The molecule has 2 rings (SSSR count). The standard InChI is InChI=1S/C18H21NO3S/c1-18(13-14-20,16-9-5-3-6-10-16)15-19(2)23(21,22)17-11-7-4-8-12-17/h3-12,14H,13,15H2,1-2H3/t18-/m1/s1. The van der Waals surface area contributed by atoms with Gasteiger partial charge in [-0.15, -0.1) is 0 Å². The number of carbonyl (C=O) groups is 1. The van der Waals surface area contributed by atoms with Gasteiger partial charge in [0.05, 0.1) is 4.90 Å². The Morgan fingerprint density at radius 3 is 2.04 bits per heavy atom. The van der Waals surface area contributed by atoms with E-state index in [1.54, 1.807) is 37.4 Å². The molecular weight excluding hydrogens is 310 g/mol. The van der Waals surface area contributed by atoms with Crippen LogP contribution in [0, 0.1) is 0 Å². The number of benzene rings is 2. The topological polar surface area (TPSA) is 54.5 Å². The van der Waals surface area contributed by atoms with E-state index in [1.165, 1.54) is 4.31 Å². The van der Waals surface area contributed by atoms with E-state index in [0.717, 1.165) is 11.8 Å². The summed E-state index contributed by atoms with van der Waals surface area (Å²) in [5.41, 5.74) is 0.377. The van der Waals surface area contributed by atoms with E-state index in [4.69, 9.17) is 0 Å². The smallest absolute Gasteiger partial charge is 0.242 e. The molecule has 0 fully saturated rings. The lowest BCUT2D eigenvalue weighted by Crippen LogP contribution is -2.40. The van der Waals surface area contributed by atoms with E-state index in [9.17, 15) is 13.2 Å². The summed E-state index contributed by atoms with van der Waals surface area (Å²) in [5, 5.41) is 0. The minimum atomic E-state index is -3.58. The van der Waals surface area contributed by atoms with E-state index < -0.39 is 15.4 Å². The van der Waals surface area contributed by atoms with Gasteiger partial charge in [0.25, 0.3) is 0 Å². The first-order valence-electron chi connectivity index (χ1n) is 7.41. The molecule has 0 heterocycles. The Labute approximate surface area is 137 Å². The summed E-state index contributed by atoms with van der Waals surface area (Å²) in [6, 6.07) is 17.9. The van der Waals surface area contributed by atoms with E-state index in [2.05, 4.69) is 0 Å². The third kappa shape index (κ3) is 3.86. The minimum Gasteiger partial charge on any atom is -0.303 e. The van der Waals surface area contributed by atoms with Crippen LogP contribution >= 0.6 is 0 Å². The maximum atomic E-state index is 12.7. The van der Waals surface area contributed by atoms with Gasteiger partial charge in [-0.25, -0.2) is 12.7 Å². The SMILES string of the molecule is CN(C[C@@](C)(CC=O)c1ccccc1)S(=O)(=O)c1ccccc1. The number of hydrogen-bond donors (Lipinski definition) is 0. The molecule has 0 saturated heterocycles. The van der Waals surface area contributed by atoms with Crippen LogP contribution in [-0.2, 0) is 20.2 Å². The third-order valence-electron chi connectivity index (χ3n) is 4.03. The van der Waals surface area contributed by atoms with Gasteiger partial charge in [-0.1, -0.05) is 55.5 Å². The Kier molecular flexibility index (Phi) is 5.34. The highest BCUT2D eigenvalue weighted by Crippen LogP contribution is 2.29. The quantitative estimate of drug-likeness (QED) is 0.733. The molecule has 0 aromatic heterocycles. The fourth-order valence-corrected chi connectivity index (χ4v) is 3.96. The van der Waals surface area contributed by atoms with Crippen LogP contribution < -0.4 is 0 Å². The van der Waals surface area contributed by atoms with Crippen LogP contribution in [0.1, 0.15) is 18.9 Å². The van der Waals surface area contributed by atoms with Gasteiger partial charge in [-0.2, -0.15) is 0 Å². The fourth-order valence-electron chi connectivity index (χ4n) is 2.65. The Bertz CT molecular complexity index is 744. The number of rotatable bonds is 7. The summed E-state index contributed by atoms with van der Waals surface area (Å²) in [6.07, 6.45) is 1.10. The van der Waals surface area contributed by atoms with E-state index >= 15 is 0 Å². The minimum absolute atomic E-state index is 0.229. The first kappa shape index (κ1) is 17.4. The molecule has 0 aliphatic rings. The van der Waals surface area contributed by atoms with Crippen molar-refractivity contribution < 1.29 is 13.2 Å². The molecule has 0 N–H and O–H groups in total. The molecule has 0 amide bonds. The molecule has 0 bridgehead atoms. The molecular formula is C18H21NO3S. The molecule has 2 aromatic carbocycles. The van der Waals surface area contributed by atoms with Crippen LogP contribution in [0.25, 0.3) is 0 Å². The number of likely N-dealkylation sites (N-methyl/N-ethyl adjacent to an activating group) is 1. The van der Waals surface area contributed by atoms with Crippen LogP contribution in [0.3, 0.4) is 0 Å². The number of aldehydes is 1. The van der Waals surface area contributed by atoms with Gasteiger partial charge in [-0.05, 0) is 17.7 Å². The van der Waals surface area contributed by atoms with Crippen LogP contribution in [-0.4, -0.2) is 32.6 Å². The zero-order chi connectivity index (χ0) is 16.9. The van der Waals surface area contributed by atoms with Gasteiger partial charge in [0, 0.05) is 25.4 Å². The zero-order valence-electron chi connectivity index (χ0n) is 13.3. The molecule has 122 valence electrons. The molecule has 5 heteroatoms. The molecule has 0 spiro atoms. The summed E-state index contributed by atoms with van der Waals surface area (Å²) in [6.45, 7) is 2.14. The molecule has 0 aliphatic heterocycles. The van der Waals surface area contributed by atoms with Crippen LogP contribution in [0.15, 0.2) is 65.6 Å². The van der Waals surface area contributed by atoms with Gasteiger partial charge >= 0.3 is 0 Å².